The minimum Gasteiger partial charge on any atom is -0.346 e. The summed E-state index contributed by atoms with van der Waals surface area (Å²) in [5.41, 5.74) is 2.09. The van der Waals surface area contributed by atoms with Gasteiger partial charge in [-0.1, -0.05) is 67.6 Å². The molecule has 2 atom stereocenters. The lowest BCUT2D eigenvalue weighted by Crippen LogP contribution is -2.45. The van der Waals surface area contributed by atoms with Crippen molar-refractivity contribution in [3.8, 4) is 0 Å². The first-order valence-corrected chi connectivity index (χ1v) is 9.90. The van der Waals surface area contributed by atoms with E-state index in [9.17, 15) is 14.4 Å². The van der Waals surface area contributed by atoms with Crippen LogP contribution in [0.4, 0.5) is 0 Å². The molecule has 0 unspecified atom stereocenters. The van der Waals surface area contributed by atoms with E-state index in [0.717, 1.165) is 11.1 Å². The first-order chi connectivity index (χ1) is 13.5. The van der Waals surface area contributed by atoms with Crippen LogP contribution in [0.5, 0.6) is 0 Å². The maximum atomic E-state index is 12.9. The molecule has 0 aliphatic carbocycles. The van der Waals surface area contributed by atoms with Crippen molar-refractivity contribution in [3.05, 3.63) is 71.8 Å². The summed E-state index contributed by atoms with van der Waals surface area (Å²) in [7, 11) is 0. The van der Waals surface area contributed by atoms with E-state index in [-0.39, 0.29) is 36.2 Å². The summed E-state index contributed by atoms with van der Waals surface area (Å²) < 4.78 is 0. The molecule has 0 heterocycles. The Kier molecular flexibility index (Phi) is 8.60. The van der Waals surface area contributed by atoms with Gasteiger partial charge in [0.1, 0.15) is 5.78 Å². The van der Waals surface area contributed by atoms with Gasteiger partial charge >= 0.3 is 0 Å². The molecule has 0 aliphatic rings. The quantitative estimate of drug-likeness (QED) is 0.644. The smallest absolute Gasteiger partial charge is 0.224 e. The number of amides is 1. The summed E-state index contributed by atoms with van der Waals surface area (Å²) in [4.78, 5) is 36.9. The van der Waals surface area contributed by atoms with Crippen LogP contribution < -0.4 is 5.32 Å². The summed E-state index contributed by atoms with van der Waals surface area (Å²) in [6, 6.07) is 18.9. The van der Waals surface area contributed by atoms with Crippen LogP contribution in [0.15, 0.2) is 60.7 Å². The molecule has 0 fully saturated rings. The molecule has 0 radical (unpaired) electrons. The third kappa shape index (κ3) is 7.10. The summed E-state index contributed by atoms with van der Waals surface area (Å²) in [5.74, 6) is -0.416. The van der Waals surface area contributed by atoms with Crippen molar-refractivity contribution >= 4 is 17.5 Å². The molecule has 2 rings (SSSR count). The third-order valence-corrected chi connectivity index (χ3v) is 4.90. The molecular formula is C24H29NO3. The van der Waals surface area contributed by atoms with Gasteiger partial charge in [0.2, 0.25) is 5.91 Å². The van der Waals surface area contributed by atoms with Crippen LogP contribution in [0.2, 0.25) is 0 Å². The fourth-order valence-corrected chi connectivity index (χ4v) is 3.18. The van der Waals surface area contributed by atoms with Crippen LogP contribution in [-0.2, 0) is 27.2 Å². The Morgan fingerprint density at radius 3 is 1.86 bits per heavy atom. The van der Waals surface area contributed by atoms with Crippen LogP contribution in [0.25, 0.3) is 0 Å². The second kappa shape index (κ2) is 11.2. The van der Waals surface area contributed by atoms with Crippen LogP contribution in [-0.4, -0.2) is 23.5 Å². The Balaban J connectivity index is 2.08. The zero-order valence-corrected chi connectivity index (χ0v) is 16.7. The van der Waals surface area contributed by atoms with Crippen molar-refractivity contribution in [2.75, 3.05) is 0 Å². The van der Waals surface area contributed by atoms with Gasteiger partial charge in [-0.2, -0.15) is 0 Å². The molecule has 4 heteroatoms. The highest BCUT2D eigenvalue weighted by atomic mass is 16.2. The van der Waals surface area contributed by atoms with Gasteiger partial charge < -0.3 is 10.1 Å². The van der Waals surface area contributed by atoms with Crippen LogP contribution in [0.3, 0.4) is 0 Å². The van der Waals surface area contributed by atoms with Gasteiger partial charge in [0.05, 0.1) is 6.04 Å². The minimum atomic E-state index is -0.612. The lowest BCUT2D eigenvalue weighted by atomic mass is 9.94. The summed E-state index contributed by atoms with van der Waals surface area (Å²) >= 11 is 0. The van der Waals surface area contributed by atoms with Crippen molar-refractivity contribution < 1.29 is 14.4 Å². The van der Waals surface area contributed by atoms with E-state index >= 15 is 0 Å². The number of nitrogens with one attached hydrogen (secondary N) is 1. The SMILES string of the molecule is CC[C@@H](Cc1ccccc1)C(=O)N[C@@H](Cc1ccccc1)C(=O)CCC(C)=O. The van der Waals surface area contributed by atoms with Gasteiger partial charge in [0.15, 0.2) is 5.78 Å². The predicted octanol–water partition coefficient (Wildman–Crippen LogP) is 3.92. The van der Waals surface area contributed by atoms with Crippen LogP contribution in [0, 0.1) is 5.92 Å². The van der Waals surface area contributed by atoms with Gasteiger partial charge in [-0.05, 0) is 37.3 Å². The van der Waals surface area contributed by atoms with Gasteiger partial charge in [-0.15, -0.1) is 0 Å². The Labute approximate surface area is 167 Å². The Hall–Kier alpha value is -2.75. The van der Waals surface area contributed by atoms with Crippen molar-refractivity contribution in [2.24, 2.45) is 5.92 Å². The van der Waals surface area contributed by atoms with Gasteiger partial charge in [0.25, 0.3) is 0 Å². The number of hydrogen-bond acceptors (Lipinski definition) is 3. The predicted molar refractivity (Wildman–Crippen MR) is 111 cm³/mol. The molecule has 0 bridgehead atoms. The molecular weight excluding hydrogens is 350 g/mol. The average molecular weight is 380 g/mol. The van der Waals surface area contributed by atoms with Crippen LogP contribution >= 0.6 is 0 Å². The highest BCUT2D eigenvalue weighted by Gasteiger charge is 2.25. The minimum absolute atomic E-state index is 0.0198. The first kappa shape index (κ1) is 21.5. The number of carbonyl (C=O) groups excluding carboxylic acids is 3. The lowest BCUT2D eigenvalue weighted by Gasteiger charge is -2.22. The number of carbonyl (C=O) groups is 3. The molecule has 4 nitrogen and oxygen atoms in total. The second-order valence-electron chi connectivity index (χ2n) is 7.21. The molecule has 0 aliphatic heterocycles. The molecule has 1 N–H and O–H groups in total. The standard InChI is InChI=1S/C24H29NO3/c1-3-21(16-19-10-6-4-7-11-19)24(28)25-22(23(27)15-14-18(2)26)17-20-12-8-5-9-13-20/h4-13,21-22H,3,14-17H2,1-2H3,(H,25,28)/t21-,22-/m0/s1. The highest BCUT2D eigenvalue weighted by Crippen LogP contribution is 2.14. The Morgan fingerprint density at radius 2 is 1.36 bits per heavy atom. The zero-order valence-electron chi connectivity index (χ0n) is 16.7. The van der Waals surface area contributed by atoms with E-state index in [0.29, 0.717) is 19.3 Å². The number of hydrogen-bond donors (Lipinski definition) is 1. The second-order valence-corrected chi connectivity index (χ2v) is 7.21. The van der Waals surface area contributed by atoms with E-state index in [1.165, 1.54) is 6.92 Å². The summed E-state index contributed by atoms with van der Waals surface area (Å²) in [5, 5.41) is 2.96. The number of benzene rings is 2. The van der Waals surface area contributed by atoms with E-state index < -0.39 is 6.04 Å². The maximum Gasteiger partial charge on any atom is 0.224 e. The van der Waals surface area contributed by atoms with Gasteiger partial charge in [-0.25, -0.2) is 0 Å². The maximum absolute atomic E-state index is 12.9. The number of rotatable bonds is 11. The van der Waals surface area contributed by atoms with Crippen LogP contribution in [0.1, 0.15) is 44.2 Å². The molecule has 1 amide bonds. The van der Waals surface area contributed by atoms with Crippen molar-refractivity contribution in [1.29, 1.82) is 0 Å². The van der Waals surface area contributed by atoms with Crippen molar-refractivity contribution in [2.45, 2.75) is 52.0 Å². The first-order valence-electron chi connectivity index (χ1n) is 9.90. The summed E-state index contributed by atoms with van der Waals surface area (Å²) in [6.07, 6.45) is 2.14. The molecule has 0 aromatic heterocycles. The molecule has 2 aromatic rings. The topological polar surface area (TPSA) is 63.2 Å². The largest absolute Gasteiger partial charge is 0.346 e. The molecule has 148 valence electrons. The lowest BCUT2D eigenvalue weighted by molar-refractivity contribution is -0.130. The van der Waals surface area contributed by atoms with E-state index in [1.807, 2.05) is 67.6 Å². The van der Waals surface area contributed by atoms with Gasteiger partial charge in [-0.3, -0.25) is 9.59 Å². The third-order valence-electron chi connectivity index (χ3n) is 4.90. The normalized spacial score (nSPS) is 12.8. The number of ketones is 2. The Bertz CT molecular complexity index is 771. The Morgan fingerprint density at radius 1 is 0.821 bits per heavy atom. The molecule has 0 spiro atoms. The fraction of sp³-hybridized carbons (Fsp3) is 0.375. The zero-order chi connectivity index (χ0) is 20.4. The number of Topliss-reactive ketones (excluding diaryl/α,β-unsaturated/α-hetero) is 2. The molecule has 0 saturated carbocycles. The van der Waals surface area contributed by atoms with E-state index in [2.05, 4.69) is 5.32 Å². The molecule has 28 heavy (non-hydrogen) atoms. The molecule has 2 aromatic carbocycles. The van der Waals surface area contributed by atoms with E-state index in [1.54, 1.807) is 0 Å². The summed E-state index contributed by atoms with van der Waals surface area (Å²) in [6.45, 7) is 3.46. The molecule has 0 saturated heterocycles. The van der Waals surface area contributed by atoms with E-state index in [4.69, 9.17) is 0 Å². The monoisotopic (exact) mass is 379 g/mol. The fourth-order valence-electron chi connectivity index (χ4n) is 3.18. The van der Waals surface area contributed by atoms with Crippen molar-refractivity contribution in [3.63, 3.8) is 0 Å². The highest BCUT2D eigenvalue weighted by molar-refractivity contribution is 5.92. The average Bonchev–Trinajstić information content (AvgIpc) is 2.71. The van der Waals surface area contributed by atoms with Crippen molar-refractivity contribution in [1.82, 2.24) is 5.32 Å². The van der Waals surface area contributed by atoms with Gasteiger partial charge in [0, 0.05) is 18.8 Å².